The van der Waals surface area contributed by atoms with E-state index < -0.39 is 0 Å². The summed E-state index contributed by atoms with van der Waals surface area (Å²) < 4.78 is 1.05. The topological polar surface area (TPSA) is 42.1 Å². The number of rotatable bonds is 5. The summed E-state index contributed by atoms with van der Waals surface area (Å²) in [7, 11) is 0. The van der Waals surface area contributed by atoms with Crippen LogP contribution in [0.1, 0.15) is 19.0 Å². The highest BCUT2D eigenvalue weighted by molar-refractivity contribution is 9.10. The van der Waals surface area contributed by atoms with E-state index in [4.69, 9.17) is 5.73 Å². The summed E-state index contributed by atoms with van der Waals surface area (Å²) in [5.41, 5.74) is 6.61. The normalized spacial score (nSPS) is 10.4. The first-order chi connectivity index (χ1) is 7.19. The number of nitrogens with zero attached hydrogens (tertiary/aromatic N) is 2. The fraction of sp³-hybridized carbons (Fsp3) is 0.545. The molecule has 0 atom stereocenters. The number of nitrogens with two attached hydrogens (primary N) is 1. The van der Waals surface area contributed by atoms with Gasteiger partial charge in [0.05, 0.1) is 5.69 Å². The maximum absolute atomic E-state index is 5.59. The molecule has 4 heteroatoms. The van der Waals surface area contributed by atoms with E-state index in [0.29, 0.717) is 6.54 Å². The van der Waals surface area contributed by atoms with E-state index in [1.807, 2.05) is 19.1 Å². The van der Waals surface area contributed by atoms with Crippen molar-refractivity contribution in [2.45, 2.75) is 20.3 Å². The third-order valence-electron chi connectivity index (χ3n) is 2.22. The molecule has 0 aliphatic rings. The van der Waals surface area contributed by atoms with Crippen LogP contribution < -0.4 is 10.6 Å². The Morgan fingerprint density at radius 2 is 2.13 bits per heavy atom. The van der Waals surface area contributed by atoms with Gasteiger partial charge < -0.3 is 10.6 Å². The smallest absolute Gasteiger partial charge is 0.128 e. The highest BCUT2D eigenvalue weighted by Crippen LogP contribution is 2.18. The second-order valence-electron chi connectivity index (χ2n) is 3.51. The third kappa shape index (κ3) is 3.47. The number of anilines is 1. The van der Waals surface area contributed by atoms with Crippen molar-refractivity contribution in [3.8, 4) is 0 Å². The van der Waals surface area contributed by atoms with Gasteiger partial charge in [-0.15, -0.1) is 0 Å². The second-order valence-corrected chi connectivity index (χ2v) is 4.37. The Morgan fingerprint density at radius 3 is 2.67 bits per heavy atom. The molecule has 1 aromatic rings. The first-order valence-electron chi connectivity index (χ1n) is 5.27. The van der Waals surface area contributed by atoms with Gasteiger partial charge in [0.2, 0.25) is 0 Å². The van der Waals surface area contributed by atoms with Gasteiger partial charge in [0.15, 0.2) is 0 Å². The average molecular weight is 272 g/mol. The highest BCUT2D eigenvalue weighted by atomic mass is 79.9. The summed E-state index contributed by atoms with van der Waals surface area (Å²) in [5, 5.41) is 0. The summed E-state index contributed by atoms with van der Waals surface area (Å²) in [6, 6.07) is 4.07. The van der Waals surface area contributed by atoms with E-state index in [9.17, 15) is 0 Å². The van der Waals surface area contributed by atoms with Crippen molar-refractivity contribution in [1.29, 1.82) is 0 Å². The minimum absolute atomic E-state index is 0.663. The van der Waals surface area contributed by atoms with Crippen LogP contribution in [0.3, 0.4) is 0 Å². The van der Waals surface area contributed by atoms with E-state index in [-0.39, 0.29) is 0 Å². The lowest BCUT2D eigenvalue weighted by molar-refractivity contribution is 0.749. The van der Waals surface area contributed by atoms with E-state index in [1.54, 1.807) is 0 Å². The van der Waals surface area contributed by atoms with Gasteiger partial charge in [0.25, 0.3) is 0 Å². The monoisotopic (exact) mass is 271 g/mol. The molecule has 2 N–H and O–H groups in total. The van der Waals surface area contributed by atoms with Crippen molar-refractivity contribution in [1.82, 2.24) is 4.98 Å². The van der Waals surface area contributed by atoms with Gasteiger partial charge in [0.1, 0.15) is 5.82 Å². The highest BCUT2D eigenvalue weighted by Gasteiger charge is 2.07. The molecule has 0 fully saturated rings. The van der Waals surface area contributed by atoms with Crippen LogP contribution in [0.2, 0.25) is 0 Å². The SMILES string of the molecule is CCCN(CCN)c1ccc(Br)c(C)n1. The molecule has 0 saturated heterocycles. The maximum atomic E-state index is 5.59. The minimum Gasteiger partial charge on any atom is -0.355 e. The number of aryl methyl sites for hydroxylation is 1. The third-order valence-corrected chi connectivity index (χ3v) is 3.06. The molecule has 84 valence electrons. The van der Waals surface area contributed by atoms with Crippen molar-refractivity contribution in [2.75, 3.05) is 24.5 Å². The molecule has 0 unspecified atom stereocenters. The van der Waals surface area contributed by atoms with Crippen LogP contribution in [0, 0.1) is 6.92 Å². The van der Waals surface area contributed by atoms with Crippen LogP contribution >= 0.6 is 15.9 Å². The lowest BCUT2D eigenvalue weighted by Gasteiger charge is -2.22. The van der Waals surface area contributed by atoms with Crippen LogP contribution in [0.4, 0.5) is 5.82 Å². The second kappa shape index (κ2) is 6.08. The fourth-order valence-electron chi connectivity index (χ4n) is 1.47. The molecular weight excluding hydrogens is 254 g/mol. The van der Waals surface area contributed by atoms with Gasteiger partial charge in [0, 0.05) is 24.1 Å². The maximum Gasteiger partial charge on any atom is 0.128 e. The molecule has 0 aliphatic heterocycles. The molecule has 0 radical (unpaired) electrons. The standard InChI is InChI=1S/C11H18BrN3/c1-3-7-15(8-6-13)11-5-4-10(12)9(2)14-11/h4-5H,3,6-8,13H2,1-2H3. The summed E-state index contributed by atoms with van der Waals surface area (Å²) in [6.45, 7) is 6.69. The summed E-state index contributed by atoms with van der Waals surface area (Å²) in [6.07, 6.45) is 1.11. The Kier molecular flexibility index (Phi) is 5.05. The lowest BCUT2D eigenvalue weighted by atomic mass is 10.3. The predicted molar refractivity (Wildman–Crippen MR) is 68.2 cm³/mol. The van der Waals surface area contributed by atoms with Crippen molar-refractivity contribution in [3.05, 3.63) is 22.3 Å². The fourth-order valence-corrected chi connectivity index (χ4v) is 1.69. The lowest BCUT2D eigenvalue weighted by Crippen LogP contribution is -2.30. The molecule has 1 rings (SSSR count). The number of hydrogen-bond donors (Lipinski definition) is 1. The Hall–Kier alpha value is -0.610. The van der Waals surface area contributed by atoms with Gasteiger partial charge in [-0.3, -0.25) is 0 Å². The van der Waals surface area contributed by atoms with E-state index in [0.717, 1.165) is 35.5 Å². The number of hydrogen-bond acceptors (Lipinski definition) is 3. The Morgan fingerprint density at radius 1 is 1.40 bits per heavy atom. The Labute approximate surface area is 99.8 Å². The molecule has 0 aliphatic carbocycles. The van der Waals surface area contributed by atoms with Crippen molar-refractivity contribution < 1.29 is 0 Å². The zero-order valence-electron chi connectivity index (χ0n) is 9.33. The zero-order valence-corrected chi connectivity index (χ0v) is 10.9. The number of pyridine rings is 1. The van der Waals surface area contributed by atoms with E-state index >= 15 is 0 Å². The van der Waals surface area contributed by atoms with Gasteiger partial charge in [-0.25, -0.2) is 4.98 Å². The molecule has 1 aromatic heterocycles. The largest absolute Gasteiger partial charge is 0.355 e. The first kappa shape index (κ1) is 12.5. The van der Waals surface area contributed by atoms with Gasteiger partial charge >= 0.3 is 0 Å². The molecule has 0 aromatic carbocycles. The number of aromatic nitrogens is 1. The Bertz CT molecular complexity index is 309. The van der Waals surface area contributed by atoms with Crippen LogP contribution in [-0.4, -0.2) is 24.6 Å². The summed E-state index contributed by atoms with van der Waals surface area (Å²) in [4.78, 5) is 6.76. The Balaban J connectivity index is 2.85. The molecule has 0 saturated carbocycles. The average Bonchev–Trinajstić information content (AvgIpc) is 2.22. The molecule has 0 amide bonds. The molecular formula is C11H18BrN3. The number of halogens is 1. The quantitative estimate of drug-likeness (QED) is 0.894. The van der Waals surface area contributed by atoms with Gasteiger partial charge in [-0.2, -0.15) is 0 Å². The van der Waals surface area contributed by atoms with Crippen LogP contribution in [0.25, 0.3) is 0 Å². The molecule has 3 nitrogen and oxygen atoms in total. The van der Waals surface area contributed by atoms with Crippen molar-refractivity contribution in [2.24, 2.45) is 5.73 Å². The van der Waals surface area contributed by atoms with E-state index in [2.05, 4.69) is 32.7 Å². The molecule has 0 bridgehead atoms. The van der Waals surface area contributed by atoms with Crippen LogP contribution in [-0.2, 0) is 0 Å². The van der Waals surface area contributed by atoms with Crippen molar-refractivity contribution in [3.63, 3.8) is 0 Å². The molecule has 1 heterocycles. The zero-order chi connectivity index (χ0) is 11.3. The summed E-state index contributed by atoms with van der Waals surface area (Å²) >= 11 is 3.45. The minimum atomic E-state index is 0.663. The van der Waals surface area contributed by atoms with Crippen LogP contribution in [0.15, 0.2) is 16.6 Å². The van der Waals surface area contributed by atoms with E-state index in [1.165, 1.54) is 0 Å². The summed E-state index contributed by atoms with van der Waals surface area (Å²) in [5.74, 6) is 1.02. The molecule has 15 heavy (non-hydrogen) atoms. The first-order valence-corrected chi connectivity index (χ1v) is 6.06. The molecule has 0 spiro atoms. The van der Waals surface area contributed by atoms with Crippen LogP contribution in [0.5, 0.6) is 0 Å². The van der Waals surface area contributed by atoms with Crippen molar-refractivity contribution >= 4 is 21.7 Å². The van der Waals surface area contributed by atoms with Gasteiger partial charge in [-0.05, 0) is 41.4 Å². The van der Waals surface area contributed by atoms with Gasteiger partial charge in [-0.1, -0.05) is 6.92 Å². The predicted octanol–water partition coefficient (Wildman–Crippen LogP) is 2.33.